The highest BCUT2D eigenvalue weighted by Crippen LogP contribution is 2.22. The van der Waals surface area contributed by atoms with Crippen LogP contribution in [0.3, 0.4) is 0 Å². The second kappa shape index (κ2) is 8.18. The molecule has 0 aromatic heterocycles. The van der Waals surface area contributed by atoms with E-state index in [0.29, 0.717) is 22.0 Å². The fraction of sp³-hybridized carbons (Fsp3) is 0.467. The van der Waals surface area contributed by atoms with E-state index < -0.39 is 28.3 Å². The highest BCUT2D eigenvalue weighted by Gasteiger charge is 2.29. The van der Waals surface area contributed by atoms with E-state index in [0.717, 1.165) is 0 Å². The molecule has 132 valence electrons. The van der Waals surface area contributed by atoms with Gasteiger partial charge in [-0.3, -0.25) is 9.59 Å². The molecule has 0 bridgehead atoms. The summed E-state index contributed by atoms with van der Waals surface area (Å²) in [5.41, 5.74) is 0.692. The van der Waals surface area contributed by atoms with Gasteiger partial charge in [-0.1, -0.05) is 29.3 Å². The maximum Gasteiger partial charge on any atom is 0.306 e. The molecule has 1 N–H and O–H groups in total. The van der Waals surface area contributed by atoms with Gasteiger partial charge in [0.15, 0.2) is 16.4 Å². The van der Waals surface area contributed by atoms with Crippen molar-refractivity contribution in [2.75, 3.05) is 18.1 Å². The fourth-order valence-corrected chi connectivity index (χ4v) is 4.72. The highest BCUT2D eigenvalue weighted by atomic mass is 35.5. The summed E-state index contributed by atoms with van der Waals surface area (Å²) < 4.78 is 27.5. The number of rotatable bonds is 6. The molecular weight excluding hydrogens is 377 g/mol. The predicted molar refractivity (Wildman–Crippen MR) is 90.6 cm³/mol. The lowest BCUT2D eigenvalue weighted by Crippen LogP contribution is -2.28. The molecule has 1 aliphatic rings. The van der Waals surface area contributed by atoms with E-state index in [1.165, 1.54) is 0 Å². The Hall–Kier alpha value is -1.31. The molecule has 6 nitrogen and oxygen atoms in total. The van der Waals surface area contributed by atoms with Gasteiger partial charge in [0.2, 0.25) is 0 Å². The lowest BCUT2D eigenvalue weighted by atomic mass is 10.1. The molecule has 9 heteroatoms. The van der Waals surface area contributed by atoms with Crippen LogP contribution in [0.4, 0.5) is 0 Å². The van der Waals surface area contributed by atoms with E-state index >= 15 is 0 Å². The van der Waals surface area contributed by atoms with E-state index in [4.69, 9.17) is 27.9 Å². The Bertz CT molecular complexity index is 735. The monoisotopic (exact) mass is 393 g/mol. The van der Waals surface area contributed by atoms with Crippen LogP contribution in [0.5, 0.6) is 0 Å². The van der Waals surface area contributed by atoms with Crippen molar-refractivity contribution in [1.29, 1.82) is 0 Å². The number of amides is 1. The first-order valence-corrected chi connectivity index (χ1v) is 9.89. The van der Waals surface area contributed by atoms with Gasteiger partial charge in [0.25, 0.3) is 5.91 Å². The Morgan fingerprint density at radius 2 is 2.04 bits per heavy atom. The third-order valence-electron chi connectivity index (χ3n) is 3.64. The van der Waals surface area contributed by atoms with Crippen LogP contribution in [-0.4, -0.2) is 38.4 Å². The largest absolute Gasteiger partial charge is 0.456 e. The number of halogens is 2. The van der Waals surface area contributed by atoms with Gasteiger partial charge in [0, 0.05) is 23.0 Å². The number of hydrogen-bond acceptors (Lipinski definition) is 5. The van der Waals surface area contributed by atoms with Crippen molar-refractivity contribution in [3.8, 4) is 0 Å². The minimum atomic E-state index is -3.03. The molecule has 1 amide bonds. The van der Waals surface area contributed by atoms with Gasteiger partial charge < -0.3 is 10.1 Å². The Balaban J connectivity index is 1.70. The number of carbonyl (C=O) groups excluding carboxylic acids is 2. The first-order chi connectivity index (χ1) is 11.2. The van der Waals surface area contributed by atoms with Gasteiger partial charge in [-0.25, -0.2) is 8.42 Å². The predicted octanol–water partition coefficient (Wildman–Crippen LogP) is 1.98. The summed E-state index contributed by atoms with van der Waals surface area (Å²) in [4.78, 5) is 23.3. The Labute approximate surface area is 150 Å². The summed E-state index contributed by atoms with van der Waals surface area (Å²) >= 11 is 11.8. The summed E-state index contributed by atoms with van der Waals surface area (Å²) in [6.07, 6.45) is 0.466. The zero-order valence-corrected chi connectivity index (χ0v) is 15.1. The molecule has 24 heavy (non-hydrogen) atoms. The molecule has 1 aromatic carbocycles. The second-order valence-electron chi connectivity index (χ2n) is 5.65. The van der Waals surface area contributed by atoms with Crippen LogP contribution in [0.15, 0.2) is 18.2 Å². The molecule has 0 spiro atoms. The lowest BCUT2D eigenvalue weighted by Gasteiger charge is -2.09. The number of carbonyl (C=O) groups is 2. The Morgan fingerprint density at radius 3 is 2.67 bits per heavy atom. The van der Waals surface area contributed by atoms with Crippen LogP contribution in [0, 0.1) is 5.92 Å². The summed E-state index contributed by atoms with van der Waals surface area (Å²) in [5, 5.41) is 3.51. The molecule has 0 radical (unpaired) electrons. The second-order valence-corrected chi connectivity index (χ2v) is 8.72. The first kappa shape index (κ1) is 19.0. The molecule has 1 atom stereocenters. The van der Waals surface area contributed by atoms with E-state index in [1.54, 1.807) is 18.2 Å². The molecule has 1 aromatic rings. The first-order valence-electron chi connectivity index (χ1n) is 7.32. The van der Waals surface area contributed by atoms with Crippen molar-refractivity contribution in [3.05, 3.63) is 33.8 Å². The van der Waals surface area contributed by atoms with Crippen molar-refractivity contribution >= 4 is 44.9 Å². The topological polar surface area (TPSA) is 89.5 Å². The summed E-state index contributed by atoms with van der Waals surface area (Å²) in [5.74, 6) is -1.15. The number of esters is 1. The van der Waals surface area contributed by atoms with E-state index in [2.05, 4.69) is 5.32 Å². The minimum absolute atomic E-state index is 0.00334. The van der Waals surface area contributed by atoms with Crippen LogP contribution >= 0.6 is 23.2 Å². The molecule has 0 unspecified atom stereocenters. The summed E-state index contributed by atoms with van der Waals surface area (Å²) in [6.45, 7) is -0.225. The van der Waals surface area contributed by atoms with Crippen molar-refractivity contribution in [2.24, 2.45) is 5.92 Å². The van der Waals surface area contributed by atoms with Crippen LogP contribution < -0.4 is 5.32 Å². The van der Waals surface area contributed by atoms with Crippen molar-refractivity contribution in [3.63, 3.8) is 0 Å². The van der Waals surface area contributed by atoms with Crippen molar-refractivity contribution in [2.45, 2.75) is 19.4 Å². The van der Waals surface area contributed by atoms with E-state index in [1.807, 2.05) is 0 Å². The maximum absolute atomic E-state index is 11.7. The standard InChI is InChI=1S/C15H17Cl2NO5S/c16-12-2-1-11(13(17)6-12)7-18-14(19)8-23-15(20)5-10-3-4-24(21,22)9-10/h1-2,6,10H,3-5,7-9H2,(H,18,19)/t10-/m0/s1. The van der Waals surface area contributed by atoms with Gasteiger partial charge in [-0.15, -0.1) is 0 Å². The zero-order valence-electron chi connectivity index (χ0n) is 12.8. The third kappa shape index (κ3) is 5.96. The lowest BCUT2D eigenvalue weighted by molar-refractivity contribution is -0.149. The average Bonchev–Trinajstić information content (AvgIpc) is 2.83. The normalized spacial score (nSPS) is 19.0. The third-order valence-corrected chi connectivity index (χ3v) is 6.06. The number of hydrogen-bond donors (Lipinski definition) is 1. The van der Waals surface area contributed by atoms with Gasteiger partial charge in [-0.2, -0.15) is 0 Å². The fourth-order valence-electron chi connectivity index (χ4n) is 2.38. The Kier molecular flexibility index (Phi) is 6.48. The average molecular weight is 394 g/mol. The van der Waals surface area contributed by atoms with Gasteiger partial charge >= 0.3 is 5.97 Å². The minimum Gasteiger partial charge on any atom is -0.456 e. The van der Waals surface area contributed by atoms with Gasteiger partial charge in [0.1, 0.15) is 0 Å². The SMILES string of the molecule is O=C(COC(=O)C[C@@H]1CCS(=O)(=O)C1)NCc1ccc(Cl)cc1Cl. The van der Waals surface area contributed by atoms with E-state index in [-0.39, 0.29) is 30.4 Å². The van der Waals surface area contributed by atoms with Gasteiger partial charge in [-0.05, 0) is 30.0 Å². The molecule has 1 aliphatic heterocycles. The van der Waals surface area contributed by atoms with Crippen molar-refractivity contribution in [1.82, 2.24) is 5.32 Å². The zero-order chi connectivity index (χ0) is 17.7. The number of nitrogens with one attached hydrogen (secondary N) is 1. The molecular formula is C15H17Cl2NO5S. The quantitative estimate of drug-likeness (QED) is 0.746. The van der Waals surface area contributed by atoms with Gasteiger partial charge in [0.05, 0.1) is 11.5 Å². The van der Waals surface area contributed by atoms with Crippen molar-refractivity contribution < 1.29 is 22.7 Å². The smallest absolute Gasteiger partial charge is 0.306 e. The summed E-state index contributed by atoms with van der Waals surface area (Å²) in [7, 11) is -3.03. The van der Waals surface area contributed by atoms with Crippen LogP contribution in [0.1, 0.15) is 18.4 Å². The molecule has 1 saturated heterocycles. The number of benzene rings is 1. The number of sulfone groups is 1. The molecule has 0 saturated carbocycles. The molecule has 1 heterocycles. The highest BCUT2D eigenvalue weighted by molar-refractivity contribution is 7.91. The number of ether oxygens (including phenoxy) is 1. The molecule has 1 fully saturated rings. The van der Waals surface area contributed by atoms with Crippen LogP contribution in [0.25, 0.3) is 0 Å². The molecule has 2 rings (SSSR count). The van der Waals surface area contributed by atoms with E-state index in [9.17, 15) is 18.0 Å². The summed E-state index contributed by atoms with van der Waals surface area (Å²) in [6, 6.07) is 4.92. The molecule has 0 aliphatic carbocycles. The maximum atomic E-state index is 11.7. The van der Waals surface area contributed by atoms with Crippen LogP contribution in [-0.2, 0) is 30.7 Å². The van der Waals surface area contributed by atoms with Crippen LogP contribution in [0.2, 0.25) is 10.0 Å². The Morgan fingerprint density at radius 1 is 1.29 bits per heavy atom.